The summed E-state index contributed by atoms with van der Waals surface area (Å²) in [5.41, 5.74) is 0.810. The zero-order valence-corrected chi connectivity index (χ0v) is 13.5. The maximum atomic E-state index is 12.1. The van der Waals surface area contributed by atoms with Crippen molar-refractivity contribution in [3.8, 4) is 0 Å². The van der Waals surface area contributed by atoms with E-state index in [-0.39, 0.29) is 11.7 Å². The smallest absolute Gasteiger partial charge is 0.238 e. The number of furan rings is 1. The first-order valence-electron chi connectivity index (χ1n) is 8.07. The quantitative estimate of drug-likeness (QED) is 0.819. The molecule has 1 aliphatic rings. The van der Waals surface area contributed by atoms with Gasteiger partial charge < -0.3 is 9.73 Å². The zero-order valence-electron chi connectivity index (χ0n) is 13.5. The number of nitrogens with one attached hydrogen (secondary N) is 1. The topological polar surface area (TPSA) is 65.8 Å². The Hall–Kier alpha value is -2.44. The van der Waals surface area contributed by atoms with Crippen LogP contribution in [-0.4, -0.2) is 60.8 Å². The van der Waals surface area contributed by atoms with Gasteiger partial charge in [0.2, 0.25) is 11.7 Å². The monoisotopic (exact) mass is 327 g/mol. The largest absolute Gasteiger partial charge is 0.461 e. The SMILES string of the molecule is O=C(CN1CCN(CC(=O)c2ccco2)CC1)Nc1ccccc1. The van der Waals surface area contributed by atoms with Crippen LogP contribution in [0.4, 0.5) is 5.69 Å². The number of para-hydroxylation sites is 1. The Morgan fingerprint density at radius 1 is 0.917 bits per heavy atom. The molecule has 2 aromatic rings. The molecule has 0 saturated carbocycles. The van der Waals surface area contributed by atoms with Crippen molar-refractivity contribution in [1.82, 2.24) is 9.80 Å². The lowest BCUT2D eigenvalue weighted by atomic mass is 10.2. The second-order valence-corrected chi connectivity index (χ2v) is 5.87. The van der Waals surface area contributed by atoms with E-state index in [0.29, 0.717) is 18.8 Å². The van der Waals surface area contributed by atoms with Crippen LogP contribution >= 0.6 is 0 Å². The van der Waals surface area contributed by atoms with Crippen LogP contribution in [0.5, 0.6) is 0 Å². The van der Waals surface area contributed by atoms with E-state index in [1.165, 1.54) is 6.26 Å². The Kier molecular flexibility index (Phi) is 5.40. The first-order chi connectivity index (χ1) is 11.7. The van der Waals surface area contributed by atoms with Gasteiger partial charge in [-0.25, -0.2) is 0 Å². The average molecular weight is 327 g/mol. The molecule has 1 amide bonds. The van der Waals surface area contributed by atoms with Crippen LogP contribution in [-0.2, 0) is 4.79 Å². The van der Waals surface area contributed by atoms with Crippen molar-refractivity contribution >= 4 is 17.4 Å². The van der Waals surface area contributed by atoms with Gasteiger partial charge in [-0.15, -0.1) is 0 Å². The molecule has 126 valence electrons. The Balaban J connectivity index is 1.40. The van der Waals surface area contributed by atoms with Crippen molar-refractivity contribution in [1.29, 1.82) is 0 Å². The average Bonchev–Trinajstić information content (AvgIpc) is 3.12. The number of rotatable bonds is 6. The fourth-order valence-corrected chi connectivity index (χ4v) is 2.75. The standard InChI is InChI=1S/C18H21N3O3/c22-16(17-7-4-12-24-17)13-20-8-10-21(11-9-20)14-18(23)19-15-5-2-1-3-6-15/h1-7,12H,8-11,13-14H2,(H,19,23). The summed E-state index contributed by atoms with van der Waals surface area (Å²) in [4.78, 5) is 28.3. The Labute approximate surface area is 141 Å². The van der Waals surface area contributed by atoms with Gasteiger partial charge in [0.05, 0.1) is 19.4 Å². The molecule has 24 heavy (non-hydrogen) atoms. The molecular formula is C18H21N3O3. The van der Waals surface area contributed by atoms with Gasteiger partial charge in [0, 0.05) is 31.9 Å². The van der Waals surface area contributed by atoms with E-state index in [1.54, 1.807) is 12.1 Å². The lowest BCUT2D eigenvalue weighted by Crippen LogP contribution is -2.49. The van der Waals surface area contributed by atoms with Crippen LogP contribution in [0.2, 0.25) is 0 Å². The molecular weight excluding hydrogens is 306 g/mol. The van der Waals surface area contributed by atoms with Gasteiger partial charge in [-0.3, -0.25) is 19.4 Å². The Bertz CT molecular complexity index is 662. The number of benzene rings is 1. The minimum atomic E-state index is -0.0127. The molecule has 0 atom stereocenters. The number of carbonyl (C=O) groups is 2. The number of hydrogen-bond donors (Lipinski definition) is 1. The van der Waals surface area contributed by atoms with Crippen LogP contribution in [0, 0.1) is 0 Å². The molecule has 6 heteroatoms. The fraction of sp³-hybridized carbons (Fsp3) is 0.333. The van der Waals surface area contributed by atoms with E-state index in [9.17, 15) is 9.59 Å². The number of amides is 1. The van der Waals surface area contributed by atoms with E-state index in [0.717, 1.165) is 31.9 Å². The minimum absolute atomic E-state index is 0.00438. The molecule has 0 aliphatic carbocycles. The van der Waals surface area contributed by atoms with Gasteiger partial charge in [-0.1, -0.05) is 18.2 Å². The first kappa shape index (κ1) is 16.4. The van der Waals surface area contributed by atoms with E-state index in [2.05, 4.69) is 15.1 Å². The summed E-state index contributed by atoms with van der Waals surface area (Å²) < 4.78 is 5.13. The molecule has 0 spiro atoms. The molecule has 0 bridgehead atoms. The molecule has 1 N–H and O–H groups in total. The number of piperazine rings is 1. The lowest BCUT2D eigenvalue weighted by Gasteiger charge is -2.33. The predicted octanol–water partition coefficient (Wildman–Crippen LogP) is 1.72. The van der Waals surface area contributed by atoms with Gasteiger partial charge >= 0.3 is 0 Å². The van der Waals surface area contributed by atoms with Gasteiger partial charge in [0.25, 0.3) is 0 Å². The summed E-state index contributed by atoms with van der Waals surface area (Å²) in [6, 6.07) is 12.9. The van der Waals surface area contributed by atoms with Crippen molar-refractivity contribution in [2.75, 3.05) is 44.6 Å². The van der Waals surface area contributed by atoms with Crippen LogP contribution < -0.4 is 5.32 Å². The van der Waals surface area contributed by atoms with Crippen molar-refractivity contribution < 1.29 is 14.0 Å². The van der Waals surface area contributed by atoms with Crippen molar-refractivity contribution in [2.24, 2.45) is 0 Å². The van der Waals surface area contributed by atoms with Crippen molar-refractivity contribution in [2.45, 2.75) is 0 Å². The number of nitrogens with zero attached hydrogens (tertiary/aromatic N) is 2. The maximum Gasteiger partial charge on any atom is 0.238 e. The highest BCUT2D eigenvalue weighted by atomic mass is 16.3. The minimum Gasteiger partial charge on any atom is -0.461 e. The molecule has 1 saturated heterocycles. The molecule has 0 unspecified atom stereocenters. The summed E-state index contributed by atoms with van der Waals surface area (Å²) in [5, 5.41) is 2.89. The second kappa shape index (κ2) is 7.90. The maximum absolute atomic E-state index is 12.1. The van der Waals surface area contributed by atoms with Crippen molar-refractivity contribution in [3.63, 3.8) is 0 Å². The second-order valence-electron chi connectivity index (χ2n) is 5.87. The fourth-order valence-electron chi connectivity index (χ4n) is 2.75. The number of ketones is 1. The van der Waals surface area contributed by atoms with Crippen LogP contribution in [0.1, 0.15) is 10.6 Å². The number of Topliss-reactive ketones (excluding diaryl/α,β-unsaturated/α-hetero) is 1. The highest BCUT2D eigenvalue weighted by Gasteiger charge is 2.21. The third kappa shape index (κ3) is 4.53. The summed E-state index contributed by atoms with van der Waals surface area (Å²) in [5.74, 6) is 0.385. The molecule has 1 aliphatic heterocycles. The first-order valence-corrected chi connectivity index (χ1v) is 8.07. The third-order valence-corrected chi connectivity index (χ3v) is 4.05. The number of carbonyl (C=O) groups excluding carboxylic acids is 2. The van der Waals surface area contributed by atoms with Crippen LogP contribution in [0.25, 0.3) is 0 Å². The Morgan fingerprint density at radius 3 is 2.21 bits per heavy atom. The number of anilines is 1. The van der Waals surface area contributed by atoms with Gasteiger partial charge in [0.15, 0.2) is 5.76 Å². The predicted molar refractivity (Wildman–Crippen MR) is 91.0 cm³/mol. The van der Waals surface area contributed by atoms with Gasteiger partial charge in [0.1, 0.15) is 0 Å². The molecule has 2 heterocycles. The van der Waals surface area contributed by atoms with E-state index >= 15 is 0 Å². The third-order valence-electron chi connectivity index (χ3n) is 4.05. The summed E-state index contributed by atoms with van der Waals surface area (Å²) >= 11 is 0. The summed E-state index contributed by atoms with van der Waals surface area (Å²) in [6.07, 6.45) is 1.51. The molecule has 3 rings (SSSR count). The normalized spacial score (nSPS) is 16.0. The highest BCUT2D eigenvalue weighted by molar-refractivity contribution is 5.95. The number of hydrogen-bond acceptors (Lipinski definition) is 5. The molecule has 1 aromatic heterocycles. The zero-order chi connectivity index (χ0) is 16.8. The summed E-state index contributed by atoms with van der Waals surface area (Å²) in [6.45, 7) is 3.81. The Morgan fingerprint density at radius 2 is 1.58 bits per heavy atom. The lowest BCUT2D eigenvalue weighted by molar-refractivity contribution is -0.117. The molecule has 6 nitrogen and oxygen atoms in total. The van der Waals surface area contributed by atoms with Crippen LogP contribution in [0.3, 0.4) is 0 Å². The molecule has 0 radical (unpaired) electrons. The van der Waals surface area contributed by atoms with E-state index in [1.807, 2.05) is 30.3 Å². The van der Waals surface area contributed by atoms with Crippen molar-refractivity contribution in [3.05, 3.63) is 54.5 Å². The van der Waals surface area contributed by atoms with Gasteiger partial charge in [-0.05, 0) is 24.3 Å². The highest BCUT2D eigenvalue weighted by Crippen LogP contribution is 2.08. The van der Waals surface area contributed by atoms with Crippen LogP contribution in [0.15, 0.2) is 53.1 Å². The van der Waals surface area contributed by atoms with E-state index in [4.69, 9.17) is 4.42 Å². The molecule has 1 aromatic carbocycles. The summed E-state index contributed by atoms with van der Waals surface area (Å²) in [7, 11) is 0. The molecule has 1 fully saturated rings. The van der Waals surface area contributed by atoms with Gasteiger partial charge in [-0.2, -0.15) is 0 Å². The van der Waals surface area contributed by atoms with E-state index < -0.39 is 0 Å².